The van der Waals surface area contributed by atoms with Crippen molar-refractivity contribution in [2.24, 2.45) is 7.05 Å². The molecule has 0 radical (unpaired) electrons. The molecule has 2 heterocycles. The maximum atomic E-state index is 5.82. The average Bonchev–Trinajstić information content (AvgIpc) is 2.28. The number of fused-ring (bicyclic) bond motifs is 1. The molecule has 0 aliphatic heterocycles. The molecule has 2 aromatic rings. The summed E-state index contributed by atoms with van der Waals surface area (Å²) in [5, 5.41) is 5.22. The van der Waals surface area contributed by atoms with E-state index in [1.54, 1.807) is 24.0 Å². The molecule has 4 nitrogen and oxygen atoms in total. The average molecular weight is 183 g/mol. The van der Waals surface area contributed by atoms with E-state index in [2.05, 4.69) is 10.1 Å². The van der Waals surface area contributed by atoms with Crippen LogP contribution >= 0.6 is 11.6 Å². The van der Waals surface area contributed by atoms with E-state index in [0.29, 0.717) is 10.8 Å². The topological polar surface area (TPSA) is 56.7 Å². The van der Waals surface area contributed by atoms with Gasteiger partial charge >= 0.3 is 0 Å². The van der Waals surface area contributed by atoms with Gasteiger partial charge in [0, 0.05) is 7.05 Å². The van der Waals surface area contributed by atoms with Crippen LogP contribution in [-0.4, -0.2) is 14.8 Å². The van der Waals surface area contributed by atoms with Crippen LogP contribution in [0, 0.1) is 0 Å². The second-order valence-electron chi connectivity index (χ2n) is 2.55. The fourth-order valence-electron chi connectivity index (χ4n) is 1.12. The minimum atomic E-state index is 0.437. The van der Waals surface area contributed by atoms with E-state index in [-0.39, 0.29) is 0 Å². The van der Waals surface area contributed by atoms with Crippen LogP contribution in [0.2, 0.25) is 5.15 Å². The van der Waals surface area contributed by atoms with E-state index in [4.69, 9.17) is 17.3 Å². The minimum absolute atomic E-state index is 0.437. The van der Waals surface area contributed by atoms with Crippen LogP contribution < -0.4 is 5.73 Å². The standard InChI is InChI=1S/C7H7ClN4/c1-12-7-5(6(8)11-12)2-4(9)3-10-7/h2-3H,9H2,1H3. The Morgan fingerprint density at radius 3 is 3.08 bits per heavy atom. The number of aryl methyl sites for hydroxylation is 1. The molecule has 0 aliphatic carbocycles. The van der Waals surface area contributed by atoms with Crippen molar-refractivity contribution in [2.45, 2.75) is 0 Å². The van der Waals surface area contributed by atoms with Gasteiger partial charge in [0.2, 0.25) is 0 Å². The van der Waals surface area contributed by atoms with Crippen molar-refractivity contribution in [1.29, 1.82) is 0 Å². The third kappa shape index (κ3) is 0.921. The number of hydrogen-bond donors (Lipinski definition) is 1. The number of nitrogens with zero attached hydrogens (tertiary/aromatic N) is 3. The highest BCUT2D eigenvalue weighted by atomic mass is 35.5. The summed E-state index contributed by atoms with van der Waals surface area (Å²) in [4.78, 5) is 4.09. The molecule has 0 aliphatic rings. The van der Waals surface area contributed by atoms with E-state index in [1.807, 2.05) is 0 Å². The Bertz CT molecular complexity index is 434. The lowest BCUT2D eigenvalue weighted by Crippen LogP contribution is -1.92. The zero-order valence-electron chi connectivity index (χ0n) is 6.45. The van der Waals surface area contributed by atoms with Crippen molar-refractivity contribution in [3.05, 3.63) is 17.4 Å². The molecule has 0 aromatic carbocycles. The number of nitrogens with two attached hydrogens (primary N) is 1. The fraction of sp³-hybridized carbons (Fsp3) is 0.143. The minimum Gasteiger partial charge on any atom is -0.397 e. The first-order chi connectivity index (χ1) is 5.68. The molecule has 2 rings (SSSR count). The highest BCUT2D eigenvalue weighted by molar-refractivity contribution is 6.34. The van der Waals surface area contributed by atoms with Crippen molar-refractivity contribution < 1.29 is 0 Å². The second kappa shape index (κ2) is 2.35. The maximum Gasteiger partial charge on any atom is 0.160 e. The number of halogens is 1. The summed E-state index contributed by atoms with van der Waals surface area (Å²) in [6.45, 7) is 0. The van der Waals surface area contributed by atoms with Crippen LogP contribution in [0.3, 0.4) is 0 Å². The Morgan fingerprint density at radius 1 is 1.58 bits per heavy atom. The second-order valence-corrected chi connectivity index (χ2v) is 2.91. The number of rotatable bonds is 0. The molecule has 0 saturated carbocycles. The van der Waals surface area contributed by atoms with Crippen molar-refractivity contribution in [2.75, 3.05) is 5.73 Å². The third-order valence-electron chi connectivity index (χ3n) is 1.65. The Labute approximate surface area is 73.9 Å². The molecule has 0 saturated heterocycles. The van der Waals surface area contributed by atoms with E-state index >= 15 is 0 Å². The first-order valence-corrected chi connectivity index (χ1v) is 3.80. The van der Waals surface area contributed by atoms with E-state index in [9.17, 15) is 0 Å². The normalized spacial score (nSPS) is 10.8. The van der Waals surface area contributed by atoms with Gasteiger partial charge in [0.15, 0.2) is 10.8 Å². The lowest BCUT2D eigenvalue weighted by molar-refractivity contribution is 0.787. The summed E-state index contributed by atoms with van der Waals surface area (Å²) in [6, 6.07) is 1.76. The van der Waals surface area contributed by atoms with Crippen LogP contribution in [0.15, 0.2) is 12.3 Å². The SMILES string of the molecule is Cn1nc(Cl)c2cc(N)cnc21. The Kier molecular flexibility index (Phi) is 1.44. The first-order valence-electron chi connectivity index (χ1n) is 3.42. The Balaban J connectivity index is 2.90. The van der Waals surface area contributed by atoms with E-state index < -0.39 is 0 Å². The molecule has 0 unspecified atom stereocenters. The summed E-state index contributed by atoms with van der Waals surface area (Å²) < 4.78 is 1.62. The molecule has 0 amide bonds. The Hall–Kier alpha value is -1.29. The summed E-state index contributed by atoms with van der Waals surface area (Å²) in [5.74, 6) is 0. The zero-order chi connectivity index (χ0) is 8.72. The van der Waals surface area contributed by atoms with Crippen molar-refractivity contribution in [1.82, 2.24) is 14.8 Å². The molecule has 12 heavy (non-hydrogen) atoms. The number of aromatic nitrogens is 3. The van der Waals surface area contributed by atoms with Gasteiger partial charge in [0.25, 0.3) is 0 Å². The van der Waals surface area contributed by atoms with Crippen LogP contribution in [0.1, 0.15) is 0 Å². The quantitative estimate of drug-likeness (QED) is 0.666. The molecule has 0 atom stereocenters. The fourth-order valence-corrected chi connectivity index (χ4v) is 1.37. The van der Waals surface area contributed by atoms with E-state index in [0.717, 1.165) is 11.0 Å². The van der Waals surface area contributed by atoms with Crippen molar-refractivity contribution in [3.8, 4) is 0 Å². The largest absolute Gasteiger partial charge is 0.397 e. The van der Waals surface area contributed by atoms with Gasteiger partial charge in [0.05, 0.1) is 17.3 Å². The van der Waals surface area contributed by atoms with Gasteiger partial charge < -0.3 is 5.73 Å². The van der Waals surface area contributed by atoms with Gasteiger partial charge in [-0.15, -0.1) is 0 Å². The van der Waals surface area contributed by atoms with Gasteiger partial charge in [-0.05, 0) is 6.07 Å². The predicted molar refractivity (Wildman–Crippen MR) is 47.9 cm³/mol. The number of pyridine rings is 1. The lowest BCUT2D eigenvalue weighted by atomic mass is 10.3. The number of hydrogen-bond acceptors (Lipinski definition) is 3. The summed E-state index contributed by atoms with van der Waals surface area (Å²) in [7, 11) is 1.79. The highest BCUT2D eigenvalue weighted by Crippen LogP contribution is 2.21. The number of nitrogen functional groups attached to an aromatic ring is 1. The lowest BCUT2D eigenvalue weighted by Gasteiger charge is -1.93. The summed E-state index contributed by atoms with van der Waals surface area (Å²) in [6.07, 6.45) is 1.58. The van der Waals surface area contributed by atoms with Crippen LogP contribution in [0.5, 0.6) is 0 Å². The van der Waals surface area contributed by atoms with Gasteiger partial charge in [-0.25, -0.2) is 9.67 Å². The van der Waals surface area contributed by atoms with Crippen LogP contribution in [0.4, 0.5) is 5.69 Å². The smallest absolute Gasteiger partial charge is 0.160 e. The van der Waals surface area contributed by atoms with Crippen molar-refractivity contribution >= 4 is 28.3 Å². The van der Waals surface area contributed by atoms with Gasteiger partial charge in [-0.3, -0.25) is 0 Å². The van der Waals surface area contributed by atoms with Gasteiger partial charge in [-0.1, -0.05) is 11.6 Å². The maximum absolute atomic E-state index is 5.82. The Morgan fingerprint density at radius 2 is 2.33 bits per heavy atom. The van der Waals surface area contributed by atoms with Crippen LogP contribution in [0.25, 0.3) is 11.0 Å². The highest BCUT2D eigenvalue weighted by Gasteiger charge is 2.06. The van der Waals surface area contributed by atoms with Gasteiger partial charge in [-0.2, -0.15) is 5.10 Å². The molecular formula is C7H7ClN4. The first kappa shape index (κ1) is 7.36. The van der Waals surface area contributed by atoms with Crippen molar-refractivity contribution in [3.63, 3.8) is 0 Å². The third-order valence-corrected chi connectivity index (χ3v) is 1.93. The molecule has 0 bridgehead atoms. The van der Waals surface area contributed by atoms with Crippen LogP contribution in [-0.2, 0) is 7.05 Å². The molecule has 5 heteroatoms. The molecule has 62 valence electrons. The molecular weight excluding hydrogens is 176 g/mol. The van der Waals surface area contributed by atoms with Gasteiger partial charge in [0.1, 0.15) is 0 Å². The molecule has 0 fully saturated rings. The molecule has 2 N–H and O–H groups in total. The monoisotopic (exact) mass is 182 g/mol. The number of anilines is 1. The molecule has 2 aromatic heterocycles. The zero-order valence-corrected chi connectivity index (χ0v) is 7.21. The predicted octanol–water partition coefficient (Wildman–Crippen LogP) is 1.20. The molecule has 0 spiro atoms. The van der Waals surface area contributed by atoms with E-state index in [1.165, 1.54) is 0 Å². The summed E-state index contributed by atoms with van der Waals surface area (Å²) >= 11 is 5.82. The summed E-state index contributed by atoms with van der Waals surface area (Å²) in [5.41, 5.74) is 6.88.